The van der Waals surface area contributed by atoms with Gasteiger partial charge in [0.1, 0.15) is 5.54 Å². The summed E-state index contributed by atoms with van der Waals surface area (Å²) < 4.78 is 0. The zero-order valence-electron chi connectivity index (χ0n) is 8.68. The van der Waals surface area contributed by atoms with E-state index in [-0.39, 0.29) is 5.91 Å². The highest BCUT2D eigenvalue weighted by molar-refractivity contribution is 5.85. The molecule has 1 rings (SSSR count). The van der Waals surface area contributed by atoms with E-state index in [1.54, 1.807) is 7.05 Å². The molecule has 4 nitrogen and oxygen atoms in total. The SMILES string of the molecule is CNC(=O)C1(C)CN(C)CCCN1. The molecule has 0 spiro atoms. The first-order valence-corrected chi connectivity index (χ1v) is 4.74. The van der Waals surface area contributed by atoms with Crippen molar-refractivity contribution in [3.63, 3.8) is 0 Å². The van der Waals surface area contributed by atoms with Crippen LogP contribution in [-0.4, -0.2) is 50.1 Å². The Balaban J connectivity index is 2.68. The Kier molecular flexibility index (Phi) is 3.27. The summed E-state index contributed by atoms with van der Waals surface area (Å²) in [7, 11) is 3.73. The largest absolute Gasteiger partial charge is 0.358 e. The van der Waals surface area contributed by atoms with Crippen molar-refractivity contribution in [3.8, 4) is 0 Å². The molecule has 0 bridgehead atoms. The second-order valence-corrected chi connectivity index (χ2v) is 3.93. The lowest BCUT2D eigenvalue weighted by atomic mass is 10.0. The third-order valence-corrected chi connectivity index (χ3v) is 2.55. The molecule has 4 heteroatoms. The molecular formula is C9H19N3O. The highest BCUT2D eigenvalue weighted by atomic mass is 16.2. The highest BCUT2D eigenvalue weighted by Gasteiger charge is 2.34. The Morgan fingerprint density at radius 2 is 2.31 bits per heavy atom. The molecule has 13 heavy (non-hydrogen) atoms. The Morgan fingerprint density at radius 3 is 2.92 bits per heavy atom. The van der Waals surface area contributed by atoms with E-state index in [4.69, 9.17) is 0 Å². The molecule has 0 aromatic heterocycles. The average molecular weight is 185 g/mol. The fraction of sp³-hybridized carbons (Fsp3) is 0.889. The van der Waals surface area contributed by atoms with Gasteiger partial charge < -0.3 is 15.5 Å². The quantitative estimate of drug-likeness (QED) is 0.574. The van der Waals surface area contributed by atoms with Crippen LogP contribution >= 0.6 is 0 Å². The van der Waals surface area contributed by atoms with Crippen LogP contribution in [0.1, 0.15) is 13.3 Å². The summed E-state index contributed by atoms with van der Waals surface area (Å²) in [5.41, 5.74) is -0.431. The molecule has 1 aliphatic rings. The van der Waals surface area contributed by atoms with Crippen LogP contribution in [0.3, 0.4) is 0 Å². The number of carbonyl (C=O) groups is 1. The monoisotopic (exact) mass is 185 g/mol. The molecule has 0 radical (unpaired) electrons. The Bertz CT molecular complexity index is 195. The second kappa shape index (κ2) is 4.07. The Labute approximate surface area is 79.7 Å². The molecule has 0 aliphatic carbocycles. The fourth-order valence-electron chi connectivity index (χ4n) is 1.82. The van der Waals surface area contributed by atoms with Gasteiger partial charge in [-0.15, -0.1) is 0 Å². The van der Waals surface area contributed by atoms with E-state index >= 15 is 0 Å². The summed E-state index contributed by atoms with van der Waals surface area (Å²) in [6.45, 7) is 4.69. The third kappa shape index (κ3) is 2.42. The van der Waals surface area contributed by atoms with Gasteiger partial charge in [0.15, 0.2) is 0 Å². The van der Waals surface area contributed by atoms with E-state index in [1.807, 2.05) is 14.0 Å². The standard InChI is InChI=1S/C9H19N3O/c1-9(8(13)10-2)7-12(3)6-4-5-11-9/h11H,4-7H2,1-3H3,(H,10,13). The summed E-state index contributed by atoms with van der Waals surface area (Å²) in [6.07, 6.45) is 1.10. The topological polar surface area (TPSA) is 44.4 Å². The second-order valence-electron chi connectivity index (χ2n) is 3.93. The lowest BCUT2D eigenvalue weighted by molar-refractivity contribution is -0.126. The lowest BCUT2D eigenvalue weighted by Gasteiger charge is -2.29. The average Bonchev–Trinajstić information content (AvgIpc) is 2.26. The molecule has 1 aliphatic heterocycles. The van der Waals surface area contributed by atoms with E-state index in [1.165, 1.54) is 0 Å². The first-order valence-electron chi connectivity index (χ1n) is 4.74. The molecule has 1 unspecified atom stereocenters. The number of carbonyl (C=O) groups excluding carboxylic acids is 1. The number of hydrogen-bond donors (Lipinski definition) is 2. The summed E-state index contributed by atoms with van der Waals surface area (Å²) in [6, 6.07) is 0. The molecule has 1 heterocycles. The number of nitrogens with zero attached hydrogens (tertiary/aromatic N) is 1. The summed E-state index contributed by atoms with van der Waals surface area (Å²) >= 11 is 0. The molecule has 1 saturated heterocycles. The van der Waals surface area contributed by atoms with E-state index in [9.17, 15) is 4.79 Å². The first kappa shape index (κ1) is 10.5. The van der Waals surface area contributed by atoms with Gasteiger partial charge in [0.25, 0.3) is 0 Å². The Hall–Kier alpha value is -0.610. The predicted octanol–water partition coefficient (Wildman–Crippen LogP) is -0.584. The summed E-state index contributed by atoms with van der Waals surface area (Å²) in [4.78, 5) is 13.8. The maximum atomic E-state index is 11.6. The van der Waals surface area contributed by atoms with Gasteiger partial charge in [0.05, 0.1) is 0 Å². The minimum atomic E-state index is -0.431. The zero-order valence-corrected chi connectivity index (χ0v) is 8.68. The maximum absolute atomic E-state index is 11.6. The minimum Gasteiger partial charge on any atom is -0.358 e. The van der Waals surface area contributed by atoms with Crippen LogP contribution < -0.4 is 10.6 Å². The van der Waals surface area contributed by atoms with Gasteiger partial charge in [0, 0.05) is 13.6 Å². The van der Waals surface area contributed by atoms with Gasteiger partial charge in [-0.2, -0.15) is 0 Å². The molecule has 1 amide bonds. The van der Waals surface area contributed by atoms with Crippen molar-refractivity contribution in [3.05, 3.63) is 0 Å². The van der Waals surface area contributed by atoms with Gasteiger partial charge in [-0.1, -0.05) is 0 Å². The van der Waals surface area contributed by atoms with E-state index in [2.05, 4.69) is 15.5 Å². The lowest BCUT2D eigenvalue weighted by Crippen LogP contribution is -2.58. The summed E-state index contributed by atoms with van der Waals surface area (Å²) in [5.74, 6) is 0.0706. The van der Waals surface area contributed by atoms with E-state index in [0.717, 1.165) is 26.1 Å². The van der Waals surface area contributed by atoms with Crippen LogP contribution in [0.4, 0.5) is 0 Å². The van der Waals surface area contributed by atoms with Crippen LogP contribution in [0.25, 0.3) is 0 Å². The highest BCUT2D eigenvalue weighted by Crippen LogP contribution is 2.09. The number of amides is 1. The molecule has 0 saturated carbocycles. The van der Waals surface area contributed by atoms with Gasteiger partial charge in [-0.3, -0.25) is 4.79 Å². The first-order chi connectivity index (χ1) is 6.08. The minimum absolute atomic E-state index is 0.0706. The molecule has 76 valence electrons. The van der Waals surface area contributed by atoms with E-state index < -0.39 is 5.54 Å². The number of rotatable bonds is 1. The van der Waals surface area contributed by atoms with Crippen molar-refractivity contribution < 1.29 is 4.79 Å². The summed E-state index contributed by atoms with van der Waals surface area (Å²) in [5, 5.41) is 5.98. The van der Waals surface area contributed by atoms with Crippen molar-refractivity contribution in [2.75, 3.05) is 33.7 Å². The van der Waals surface area contributed by atoms with Crippen molar-refractivity contribution in [1.82, 2.24) is 15.5 Å². The van der Waals surface area contributed by atoms with Gasteiger partial charge in [-0.25, -0.2) is 0 Å². The van der Waals surface area contributed by atoms with Crippen LogP contribution in [0, 0.1) is 0 Å². The molecule has 1 atom stereocenters. The Morgan fingerprint density at radius 1 is 1.62 bits per heavy atom. The fourth-order valence-corrected chi connectivity index (χ4v) is 1.82. The van der Waals surface area contributed by atoms with Crippen LogP contribution in [-0.2, 0) is 4.79 Å². The van der Waals surface area contributed by atoms with Gasteiger partial charge in [0.2, 0.25) is 5.91 Å². The van der Waals surface area contributed by atoms with Gasteiger partial charge >= 0.3 is 0 Å². The smallest absolute Gasteiger partial charge is 0.241 e. The van der Waals surface area contributed by atoms with Crippen molar-refractivity contribution in [2.24, 2.45) is 0 Å². The van der Waals surface area contributed by atoms with Gasteiger partial charge in [-0.05, 0) is 33.5 Å². The van der Waals surface area contributed by atoms with Crippen LogP contribution in [0.2, 0.25) is 0 Å². The third-order valence-electron chi connectivity index (χ3n) is 2.55. The molecule has 0 aromatic rings. The van der Waals surface area contributed by atoms with Crippen molar-refractivity contribution in [1.29, 1.82) is 0 Å². The van der Waals surface area contributed by atoms with Crippen molar-refractivity contribution in [2.45, 2.75) is 18.9 Å². The predicted molar refractivity (Wildman–Crippen MR) is 52.6 cm³/mol. The molecule has 1 fully saturated rings. The van der Waals surface area contributed by atoms with E-state index in [0.29, 0.717) is 0 Å². The number of hydrogen-bond acceptors (Lipinski definition) is 3. The number of nitrogens with one attached hydrogen (secondary N) is 2. The number of likely N-dealkylation sites (N-methyl/N-ethyl adjacent to an activating group) is 2. The molecular weight excluding hydrogens is 166 g/mol. The maximum Gasteiger partial charge on any atom is 0.241 e. The molecule has 0 aromatic carbocycles. The molecule has 2 N–H and O–H groups in total. The zero-order chi connectivity index (χ0) is 9.90. The normalized spacial score (nSPS) is 31.0. The van der Waals surface area contributed by atoms with Crippen LogP contribution in [0.15, 0.2) is 0 Å². The van der Waals surface area contributed by atoms with Crippen LogP contribution in [0.5, 0.6) is 0 Å². The van der Waals surface area contributed by atoms with Crippen molar-refractivity contribution >= 4 is 5.91 Å².